The second-order valence-corrected chi connectivity index (χ2v) is 23.4. The predicted octanol–water partition coefficient (Wildman–Crippen LogP) is -0.156. The zero-order valence-corrected chi connectivity index (χ0v) is 51.4. The summed E-state index contributed by atoms with van der Waals surface area (Å²) in [7, 11) is 0. The van der Waals surface area contributed by atoms with Crippen molar-refractivity contribution in [2.24, 2.45) is 29.0 Å². The molecule has 0 spiro atoms. The summed E-state index contributed by atoms with van der Waals surface area (Å²) in [5, 5.41) is 62.6. The molecule has 0 bridgehead atoms. The fourth-order valence-corrected chi connectivity index (χ4v) is 10.0. The van der Waals surface area contributed by atoms with Crippen LogP contribution in [0.4, 0.5) is 0 Å². The van der Waals surface area contributed by atoms with Gasteiger partial charge in [-0.3, -0.25) is 52.9 Å². The number of H-pyrrole nitrogens is 1. The normalized spacial score (nSPS) is 14.2. The quantitative estimate of drug-likeness (QED) is 0.0250. The number of para-hydroxylation sites is 1. The van der Waals surface area contributed by atoms with Crippen molar-refractivity contribution in [1.29, 1.82) is 0 Å². The Morgan fingerprint density at radius 2 is 0.826 bits per heavy atom. The topological polar surface area (TPSA) is 455 Å². The van der Waals surface area contributed by atoms with E-state index in [1.54, 1.807) is 68.8 Å². The smallest absolute Gasteiger partial charge is 0.245 e. The number of aliphatic hydroxyl groups excluding tert-OH is 1. The number of pyridine rings is 1. The fraction of sp³-hybridized carbons (Fsp3) is 0.369. The van der Waals surface area contributed by atoms with Gasteiger partial charge < -0.3 is 85.1 Å². The minimum absolute atomic E-state index is 0.0494. The molecule has 4 aromatic carbocycles. The Kier molecular flexibility index (Phi) is 26.1. The maximum atomic E-state index is 14.9. The van der Waals surface area contributed by atoms with Crippen LogP contribution in [0, 0.1) is 11.8 Å². The van der Waals surface area contributed by atoms with Gasteiger partial charge in [0.2, 0.25) is 59.1 Å². The highest BCUT2D eigenvalue weighted by Crippen LogP contribution is 2.21. The Bertz CT molecular complexity index is 3510. The van der Waals surface area contributed by atoms with Crippen LogP contribution in [-0.4, -0.2) is 150 Å². The first kappa shape index (κ1) is 70.7. The van der Waals surface area contributed by atoms with Gasteiger partial charge in [0.1, 0.15) is 65.6 Å². The molecule has 0 aliphatic heterocycles. The van der Waals surface area contributed by atoms with E-state index >= 15 is 0 Å². The van der Waals surface area contributed by atoms with Crippen LogP contribution in [0.5, 0.6) is 17.2 Å². The number of amides is 10. The third-order valence-corrected chi connectivity index (χ3v) is 14.8. The Labute approximate surface area is 530 Å². The molecule has 27 heteroatoms. The highest BCUT2D eigenvalue weighted by atomic mass is 16.3. The van der Waals surface area contributed by atoms with Gasteiger partial charge in [-0.1, -0.05) is 88.4 Å². The third-order valence-electron chi connectivity index (χ3n) is 14.8. The second-order valence-electron chi connectivity index (χ2n) is 23.4. The average molecular weight is 1270 g/mol. The number of nitrogens with one attached hydrogen (secondary N) is 9. The molecule has 6 aromatic rings. The molecule has 92 heavy (non-hydrogen) atoms. The van der Waals surface area contributed by atoms with Crippen molar-refractivity contribution < 1.29 is 68.4 Å². The van der Waals surface area contributed by atoms with E-state index in [0.29, 0.717) is 38.7 Å². The van der Waals surface area contributed by atoms with E-state index in [-0.39, 0.29) is 74.0 Å². The minimum atomic E-state index is -1.83. The molecule has 6 rings (SSSR count). The lowest BCUT2D eigenvalue weighted by molar-refractivity contribution is -0.136. The molecule has 9 atom stereocenters. The first-order valence-corrected chi connectivity index (χ1v) is 29.9. The Morgan fingerprint density at radius 3 is 1.23 bits per heavy atom. The molecule has 0 aliphatic rings. The van der Waals surface area contributed by atoms with E-state index in [9.17, 15) is 68.4 Å². The van der Waals surface area contributed by atoms with E-state index in [0.717, 1.165) is 0 Å². The number of aliphatic hydroxyl groups is 1. The van der Waals surface area contributed by atoms with Gasteiger partial charge in [0.05, 0.1) is 19.1 Å². The molecule has 10 amide bonds. The maximum Gasteiger partial charge on any atom is 0.245 e. The minimum Gasteiger partial charge on any atom is -0.508 e. The van der Waals surface area contributed by atoms with Crippen molar-refractivity contribution in [3.63, 3.8) is 0 Å². The van der Waals surface area contributed by atoms with Crippen molar-refractivity contribution in [3.05, 3.63) is 156 Å². The first-order valence-electron chi connectivity index (χ1n) is 29.9. The van der Waals surface area contributed by atoms with Crippen LogP contribution in [0.2, 0.25) is 0 Å². The average Bonchev–Trinajstić information content (AvgIpc) is 1.65. The number of benzene rings is 4. The molecule has 0 unspecified atom stereocenters. The van der Waals surface area contributed by atoms with Crippen LogP contribution in [-0.2, 0) is 80.0 Å². The molecular formula is C65H81N13O14. The van der Waals surface area contributed by atoms with Gasteiger partial charge in [-0.2, -0.15) is 0 Å². The number of carbonyl (C=O) groups excluding carboxylic acids is 10. The van der Waals surface area contributed by atoms with Gasteiger partial charge in [0.25, 0.3) is 0 Å². The van der Waals surface area contributed by atoms with Crippen LogP contribution >= 0.6 is 0 Å². The molecular weight excluding hydrogens is 1190 g/mol. The number of phenols is 3. The van der Waals surface area contributed by atoms with Gasteiger partial charge in [0.15, 0.2) is 0 Å². The van der Waals surface area contributed by atoms with Gasteiger partial charge in [-0.25, -0.2) is 0 Å². The second kappa shape index (κ2) is 34.0. The van der Waals surface area contributed by atoms with Gasteiger partial charge in [-0.15, -0.1) is 0 Å². The summed E-state index contributed by atoms with van der Waals surface area (Å²) in [4.78, 5) is 146. The van der Waals surface area contributed by atoms with E-state index in [4.69, 9.17) is 17.2 Å². The van der Waals surface area contributed by atoms with Gasteiger partial charge in [-0.05, 0) is 107 Å². The molecule has 0 saturated heterocycles. The molecule has 2 aromatic heterocycles. The standard InChI is InChI=1S/C65H81N13O14/c1-35(2)24-49(72-58(85)46(66)26-40-8-7-23-69-32-40)59(86)75-52(28-38-13-19-43(81)20-14-38)63(90)77-54(30-41-33-70-47-10-6-5-9-45(41)47)64(91)78-55(34-79)65(92)76-53(29-39-15-21-44(82)22-16-39)62(89)73-50(25-36(3)4)60(87)74-51(27-37-11-17-42(80)18-12-37)61(88)71-48(57(68)84)31-56(67)83/h5-23,32-33,35-36,46,48-55,70,79-82H,24-31,34,66H2,1-4H3,(H2,67,83)(H2,68,84)(H,71,88)(H,72,85)(H,73,89)(H,74,87)(H,75,86)(H,76,92)(H,77,90)(H,78,91)/t46-,48-,49-,50-,51-,52-,53-,54-,55-/m0/s1. The predicted molar refractivity (Wildman–Crippen MR) is 338 cm³/mol. The van der Waals surface area contributed by atoms with Gasteiger partial charge in [0, 0.05) is 55.2 Å². The molecule has 490 valence electrons. The number of primary amides is 2. The summed E-state index contributed by atoms with van der Waals surface area (Å²) >= 11 is 0. The summed E-state index contributed by atoms with van der Waals surface area (Å²) in [5.74, 6) is -10.0. The van der Waals surface area contributed by atoms with Crippen LogP contribution in [0.25, 0.3) is 10.9 Å². The van der Waals surface area contributed by atoms with E-state index < -0.39 is 126 Å². The Hall–Kier alpha value is -10.4. The third kappa shape index (κ3) is 22.0. The SMILES string of the molecule is CC(C)C[C@H](NC(=O)[C@H](Cc1ccc(O)cc1)NC(=O)[C@H](CO)NC(=O)[C@H](Cc1c[nH]c2ccccc12)NC(=O)[C@H](Cc1ccc(O)cc1)NC(=O)[C@H](CC(C)C)NC(=O)[C@@H](N)Cc1cccnc1)C(=O)N[C@@H](Cc1ccc(O)cc1)C(=O)N[C@@H](CC(N)=O)C(N)=O. The van der Waals surface area contributed by atoms with Crippen molar-refractivity contribution in [1.82, 2.24) is 52.5 Å². The monoisotopic (exact) mass is 1270 g/mol. The highest BCUT2D eigenvalue weighted by Gasteiger charge is 2.36. The lowest BCUT2D eigenvalue weighted by atomic mass is 9.99. The summed E-state index contributed by atoms with van der Waals surface area (Å²) in [5.41, 5.74) is 20.2. The number of nitrogens with two attached hydrogens (primary N) is 3. The fourth-order valence-electron chi connectivity index (χ4n) is 10.0. The first-order chi connectivity index (χ1) is 43.7. The highest BCUT2D eigenvalue weighted by molar-refractivity contribution is 5.99. The number of hydrogen-bond acceptors (Lipinski definition) is 16. The van der Waals surface area contributed by atoms with Crippen LogP contribution in [0.1, 0.15) is 74.8 Å². The van der Waals surface area contributed by atoms with E-state index in [1.807, 2.05) is 13.8 Å². The molecule has 19 N–H and O–H groups in total. The molecule has 0 aliphatic carbocycles. The zero-order valence-electron chi connectivity index (χ0n) is 51.4. The number of fused-ring (bicyclic) bond motifs is 1. The van der Waals surface area contributed by atoms with Crippen LogP contribution in [0.15, 0.2) is 128 Å². The summed E-state index contributed by atoms with van der Waals surface area (Å²) in [6.45, 7) is 6.09. The number of aromatic nitrogens is 2. The number of hydrogen-bond donors (Lipinski definition) is 16. The summed E-state index contributed by atoms with van der Waals surface area (Å²) < 4.78 is 0. The number of rotatable bonds is 34. The number of phenolic OH excluding ortho intramolecular Hbond substituents is 3. The number of aromatic amines is 1. The molecule has 0 fully saturated rings. The van der Waals surface area contributed by atoms with Crippen molar-refractivity contribution >= 4 is 70.0 Å². The molecule has 2 heterocycles. The van der Waals surface area contributed by atoms with Crippen LogP contribution in [0.3, 0.4) is 0 Å². The Morgan fingerprint density at radius 1 is 0.446 bits per heavy atom. The number of carbonyl (C=O) groups is 10. The summed E-state index contributed by atoms with van der Waals surface area (Å²) in [6.07, 6.45) is 3.32. The lowest BCUT2D eigenvalue weighted by Gasteiger charge is -2.28. The van der Waals surface area contributed by atoms with Crippen molar-refractivity contribution in [2.45, 2.75) is 133 Å². The molecule has 27 nitrogen and oxygen atoms in total. The summed E-state index contributed by atoms with van der Waals surface area (Å²) in [6, 6.07) is 14.4. The van der Waals surface area contributed by atoms with Crippen LogP contribution < -0.4 is 59.7 Å². The van der Waals surface area contributed by atoms with E-state index in [1.165, 1.54) is 72.8 Å². The zero-order chi connectivity index (χ0) is 67.2. The number of nitrogens with zero attached hydrogens (tertiary/aromatic N) is 1. The van der Waals surface area contributed by atoms with Crippen molar-refractivity contribution in [2.75, 3.05) is 6.61 Å². The maximum absolute atomic E-state index is 14.9. The largest absolute Gasteiger partial charge is 0.508 e. The molecule has 0 saturated carbocycles. The van der Waals surface area contributed by atoms with Crippen molar-refractivity contribution in [3.8, 4) is 17.2 Å². The lowest BCUT2D eigenvalue weighted by Crippen LogP contribution is -2.61. The number of aromatic hydroxyl groups is 3. The van der Waals surface area contributed by atoms with Gasteiger partial charge >= 0.3 is 0 Å². The van der Waals surface area contributed by atoms with E-state index in [2.05, 4.69) is 52.5 Å². The molecule has 0 radical (unpaired) electrons. The Balaban J connectivity index is 1.27.